The molecule has 9 heteroatoms. The van der Waals surface area contributed by atoms with Crippen LogP contribution in [0.25, 0.3) is 11.5 Å². The van der Waals surface area contributed by atoms with E-state index in [0.717, 1.165) is 16.9 Å². The number of aliphatic imine (C=N–C) groups is 1. The van der Waals surface area contributed by atoms with E-state index in [2.05, 4.69) is 15.1 Å². The van der Waals surface area contributed by atoms with E-state index in [0.29, 0.717) is 35.2 Å². The van der Waals surface area contributed by atoms with Crippen molar-refractivity contribution in [1.82, 2.24) is 10.1 Å². The smallest absolute Gasteiger partial charge is 0.258 e. The Kier molecular flexibility index (Phi) is 5.97. The molecule has 0 amide bonds. The van der Waals surface area contributed by atoms with Gasteiger partial charge in [-0.1, -0.05) is 23.4 Å². The predicted octanol–water partition coefficient (Wildman–Crippen LogP) is 4.33. The number of aromatic nitrogens is 2. The highest BCUT2D eigenvalue weighted by Crippen LogP contribution is 2.37. The molecule has 2 atom stereocenters. The van der Waals surface area contributed by atoms with Crippen molar-refractivity contribution in [3.63, 3.8) is 0 Å². The van der Waals surface area contributed by atoms with Gasteiger partial charge in [0, 0.05) is 11.8 Å². The zero-order valence-electron chi connectivity index (χ0n) is 19.1. The number of hydrogen-bond acceptors (Lipinski definition) is 9. The zero-order valence-corrected chi connectivity index (χ0v) is 19.1. The lowest BCUT2D eigenvalue weighted by atomic mass is 9.93. The average molecular weight is 473 g/mol. The Morgan fingerprint density at radius 1 is 0.971 bits per heavy atom. The van der Waals surface area contributed by atoms with Crippen molar-refractivity contribution in [2.24, 2.45) is 4.99 Å². The van der Waals surface area contributed by atoms with Crippen LogP contribution in [0.3, 0.4) is 0 Å². The topological polar surface area (TPSA) is 119 Å². The van der Waals surface area contributed by atoms with Gasteiger partial charge in [0.2, 0.25) is 0 Å². The van der Waals surface area contributed by atoms with E-state index in [1.807, 2.05) is 24.3 Å². The van der Waals surface area contributed by atoms with Crippen molar-refractivity contribution in [3.05, 3.63) is 77.6 Å². The van der Waals surface area contributed by atoms with Crippen LogP contribution >= 0.6 is 0 Å². The molecule has 4 aromatic rings. The van der Waals surface area contributed by atoms with Gasteiger partial charge in [-0.25, -0.2) is 4.99 Å². The van der Waals surface area contributed by atoms with Gasteiger partial charge >= 0.3 is 0 Å². The summed E-state index contributed by atoms with van der Waals surface area (Å²) in [4.78, 5) is 9.28. The van der Waals surface area contributed by atoms with Gasteiger partial charge in [-0.15, -0.1) is 0 Å². The SMILES string of the molecule is COc1cc(/C=N/C2Oc3ccccc3CC2c2noc(-c3ccc(O)c(OC)c3)n2)ccc1O. The maximum atomic E-state index is 9.87. The molecule has 9 nitrogen and oxygen atoms in total. The third-order valence-electron chi connectivity index (χ3n) is 5.78. The third-order valence-corrected chi connectivity index (χ3v) is 5.78. The molecule has 0 aliphatic carbocycles. The van der Waals surface area contributed by atoms with Gasteiger partial charge in [0.15, 0.2) is 35.1 Å². The molecule has 2 N–H and O–H groups in total. The highest BCUT2D eigenvalue weighted by atomic mass is 16.5. The van der Waals surface area contributed by atoms with Crippen LogP contribution in [0.5, 0.6) is 28.7 Å². The third kappa shape index (κ3) is 4.48. The minimum absolute atomic E-state index is 0.0218. The van der Waals surface area contributed by atoms with Crippen LogP contribution in [0.4, 0.5) is 0 Å². The van der Waals surface area contributed by atoms with Crippen LogP contribution in [0, 0.1) is 0 Å². The summed E-state index contributed by atoms with van der Waals surface area (Å²) in [5.74, 6) is 1.92. The van der Waals surface area contributed by atoms with E-state index in [1.165, 1.54) is 20.3 Å². The minimum atomic E-state index is -0.607. The van der Waals surface area contributed by atoms with E-state index in [9.17, 15) is 10.2 Å². The molecule has 1 aromatic heterocycles. The number of methoxy groups -OCH3 is 2. The first-order chi connectivity index (χ1) is 17.1. The Hall–Kier alpha value is -4.53. The second-order valence-corrected chi connectivity index (χ2v) is 7.98. The maximum absolute atomic E-state index is 9.87. The summed E-state index contributed by atoms with van der Waals surface area (Å²) in [6.45, 7) is 0. The van der Waals surface area contributed by atoms with E-state index >= 15 is 0 Å². The van der Waals surface area contributed by atoms with Crippen molar-refractivity contribution >= 4 is 6.21 Å². The molecule has 0 radical (unpaired) electrons. The number of aromatic hydroxyl groups is 2. The second kappa shape index (κ2) is 9.38. The van der Waals surface area contributed by atoms with Crippen molar-refractivity contribution in [3.8, 4) is 40.2 Å². The molecule has 35 heavy (non-hydrogen) atoms. The summed E-state index contributed by atoms with van der Waals surface area (Å²) < 4.78 is 22.1. The molecule has 1 aliphatic rings. The lowest BCUT2D eigenvalue weighted by Crippen LogP contribution is -2.30. The normalized spacial score (nSPS) is 17.1. The van der Waals surface area contributed by atoms with Crippen LogP contribution in [0.1, 0.15) is 22.9 Å². The monoisotopic (exact) mass is 473 g/mol. The van der Waals surface area contributed by atoms with Gasteiger partial charge in [0.05, 0.1) is 20.1 Å². The summed E-state index contributed by atoms with van der Waals surface area (Å²) in [5, 5.41) is 23.9. The van der Waals surface area contributed by atoms with Crippen LogP contribution < -0.4 is 14.2 Å². The number of para-hydroxylation sites is 1. The maximum Gasteiger partial charge on any atom is 0.258 e. The number of benzene rings is 3. The number of fused-ring (bicyclic) bond motifs is 1. The van der Waals surface area contributed by atoms with Crippen molar-refractivity contribution in [1.29, 1.82) is 0 Å². The van der Waals surface area contributed by atoms with Crippen LogP contribution in [-0.2, 0) is 6.42 Å². The number of ether oxygens (including phenoxy) is 3. The van der Waals surface area contributed by atoms with E-state index in [1.54, 1.807) is 36.5 Å². The van der Waals surface area contributed by atoms with Gasteiger partial charge in [-0.3, -0.25) is 0 Å². The van der Waals surface area contributed by atoms with Crippen molar-refractivity contribution < 1.29 is 28.9 Å². The van der Waals surface area contributed by atoms with Crippen molar-refractivity contribution in [2.75, 3.05) is 14.2 Å². The van der Waals surface area contributed by atoms with E-state index in [4.69, 9.17) is 18.7 Å². The summed E-state index contributed by atoms with van der Waals surface area (Å²) in [6.07, 6.45) is 1.67. The Bertz CT molecular complexity index is 1380. The highest BCUT2D eigenvalue weighted by Gasteiger charge is 2.34. The first-order valence-corrected chi connectivity index (χ1v) is 10.9. The molecule has 0 bridgehead atoms. The Labute approximate surface area is 201 Å². The number of rotatable bonds is 6. The largest absolute Gasteiger partial charge is 0.504 e. The molecule has 2 unspecified atom stereocenters. The van der Waals surface area contributed by atoms with Gasteiger partial charge in [0.1, 0.15) is 5.75 Å². The fraction of sp³-hybridized carbons (Fsp3) is 0.192. The van der Waals surface area contributed by atoms with Gasteiger partial charge in [-0.2, -0.15) is 4.98 Å². The number of phenols is 2. The molecule has 0 spiro atoms. The number of phenolic OH excluding ortho intramolecular Hbond substituents is 2. The second-order valence-electron chi connectivity index (χ2n) is 7.98. The van der Waals surface area contributed by atoms with Crippen LogP contribution in [-0.4, -0.2) is 47.0 Å². The summed E-state index contributed by atoms with van der Waals surface area (Å²) >= 11 is 0. The fourth-order valence-corrected chi connectivity index (χ4v) is 3.94. The first-order valence-electron chi connectivity index (χ1n) is 10.9. The molecular weight excluding hydrogens is 450 g/mol. The average Bonchev–Trinajstić information content (AvgIpc) is 3.38. The molecule has 178 valence electrons. The lowest BCUT2D eigenvalue weighted by Gasteiger charge is -2.29. The Morgan fingerprint density at radius 2 is 1.71 bits per heavy atom. The molecule has 2 heterocycles. The number of hydrogen-bond donors (Lipinski definition) is 2. The summed E-state index contributed by atoms with van der Waals surface area (Å²) in [5.41, 5.74) is 2.38. The molecule has 1 aliphatic heterocycles. The quantitative estimate of drug-likeness (QED) is 0.397. The molecule has 5 rings (SSSR count). The van der Waals surface area contributed by atoms with E-state index < -0.39 is 6.23 Å². The van der Waals surface area contributed by atoms with Gasteiger partial charge < -0.3 is 28.9 Å². The lowest BCUT2D eigenvalue weighted by molar-refractivity contribution is 0.153. The highest BCUT2D eigenvalue weighted by molar-refractivity contribution is 5.81. The zero-order chi connectivity index (χ0) is 24.4. The molecule has 0 saturated heterocycles. The molecular formula is C26H23N3O6. The number of nitrogens with zero attached hydrogens (tertiary/aromatic N) is 3. The van der Waals surface area contributed by atoms with Crippen molar-refractivity contribution in [2.45, 2.75) is 18.6 Å². The predicted molar refractivity (Wildman–Crippen MR) is 128 cm³/mol. The Balaban J connectivity index is 1.47. The van der Waals surface area contributed by atoms with E-state index in [-0.39, 0.29) is 17.4 Å². The summed E-state index contributed by atoms with van der Waals surface area (Å²) in [7, 11) is 2.96. The molecule has 0 fully saturated rings. The van der Waals surface area contributed by atoms with Gasteiger partial charge in [0.25, 0.3) is 5.89 Å². The van der Waals surface area contributed by atoms with Crippen LogP contribution in [0.2, 0.25) is 0 Å². The standard InChI is InChI=1S/C26H23N3O6/c1-32-22-11-15(7-9-19(22)30)14-27-26-18(12-16-5-3-4-6-21(16)34-26)24-28-25(35-29-24)17-8-10-20(31)23(13-17)33-2/h3-11,13-14,18,26,30-31H,12H2,1-2H3/b27-14+. The minimum Gasteiger partial charge on any atom is -0.504 e. The molecule has 3 aromatic carbocycles. The summed E-state index contributed by atoms with van der Waals surface area (Å²) in [6, 6.07) is 17.6. The molecule has 0 saturated carbocycles. The fourth-order valence-electron chi connectivity index (χ4n) is 3.94. The Morgan fingerprint density at radius 3 is 2.51 bits per heavy atom. The van der Waals surface area contributed by atoms with Crippen LogP contribution in [0.15, 0.2) is 70.2 Å². The van der Waals surface area contributed by atoms with Gasteiger partial charge in [-0.05, 0) is 60.0 Å². The first kappa shape index (κ1) is 22.3.